The number of esters is 2. The second kappa shape index (κ2) is 18.2. The second-order valence-electron chi connectivity index (χ2n) is 12.5. The molecule has 0 aromatic heterocycles. The molecule has 5 aromatic rings. The van der Waals surface area contributed by atoms with E-state index in [1.54, 1.807) is 0 Å². The van der Waals surface area contributed by atoms with E-state index < -0.39 is 69.3 Å². The van der Waals surface area contributed by atoms with Crippen molar-refractivity contribution < 1.29 is 49.8 Å². The van der Waals surface area contributed by atoms with Gasteiger partial charge >= 0.3 is 11.9 Å². The quantitative estimate of drug-likeness (QED) is 0.0461. The van der Waals surface area contributed by atoms with Gasteiger partial charge in [-0.05, 0) is 90.2 Å². The third-order valence-corrected chi connectivity index (χ3v) is 8.56. The Morgan fingerprint density at radius 3 is 1.35 bits per heavy atom. The Balaban J connectivity index is 0.988. The van der Waals surface area contributed by atoms with Crippen LogP contribution in [-0.4, -0.2) is 11.9 Å². The molecular formula is C42H32F7NO4. The molecule has 0 saturated carbocycles. The highest BCUT2D eigenvalue weighted by Crippen LogP contribution is 2.35. The molecule has 0 saturated heterocycles. The summed E-state index contributed by atoms with van der Waals surface area (Å²) in [5, 5.41) is 8.82. The Morgan fingerprint density at radius 2 is 0.907 bits per heavy atom. The van der Waals surface area contributed by atoms with Gasteiger partial charge in [0.05, 0.1) is 5.56 Å². The molecule has 0 unspecified atom stereocenters. The number of unbranched alkanes of at least 4 members (excludes halogenated alkanes) is 6. The number of ether oxygens (including phenoxy) is 2. The molecule has 5 nitrogen and oxygen atoms in total. The van der Waals surface area contributed by atoms with Crippen LogP contribution in [0.15, 0.2) is 84.9 Å². The van der Waals surface area contributed by atoms with E-state index in [-0.39, 0.29) is 41.0 Å². The molecule has 54 heavy (non-hydrogen) atoms. The minimum atomic E-state index is -1.29. The van der Waals surface area contributed by atoms with E-state index in [0.717, 1.165) is 56.4 Å². The van der Waals surface area contributed by atoms with Gasteiger partial charge in [-0.1, -0.05) is 44.2 Å². The molecule has 0 fully saturated rings. The number of hydrogen-bond donors (Lipinski definition) is 0. The maximum atomic E-state index is 15.0. The van der Waals surface area contributed by atoms with Crippen LogP contribution in [0.25, 0.3) is 33.4 Å². The first-order valence-electron chi connectivity index (χ1n) is 17.1. The summed E-state index contributed by atoms with van der Waals surface area (Å²) in [5.74, 6) is -8.05. The molecule has 0 aliphatic carbocycles. The van der Waals surface area contributed by atoms with Gasteiger partial charge in [-0.15, -0.1) is 0 Å². The summed E-state index contributed by atoms with van der Waals surface area (Å²) in [7, 11) is 0. The first-order chi connectivity index (χ1) is 25.9. The minimum Gasteiger partial charge on any atom is -0.426 e. The van der Waals surface area contributed by atoms with Crippen LogP contribution in [0.2, 0.25) is 0 Å². The average Bonchev–Trinajstić information content (AvgIpc) is 3.11. The lowest BCUT2D eigenvalue weighted by Gasteiger charge is -2.11. The predicted molar refractivity (Wildman–Crippen MR) is 186 cm³/mol. The van der Waals surface area contributed by atoms with Gasteiger partial charge in [-0.25, -0.2) is 30.7 Å². The van der Waals surface area contributed by atoms with Gasteiger partial charge in [0, 0.05) is 36.1 Å². The number of nitrogens with zero attached hydrogens (tertiary/aromatic N) is 1. The molecule has 278 valence electrons. The van der Waals surface area contributed by atoms with Crippen molar-refractivity contribution in [1.29, 1.82) is 5.26 Å². The van der Waals surface area contributed by atoms with Crippen molar-refractivity contribution in [2.24, 2.45) is 0 Å². The van der Waals surface area contributed by atoms with Crippen molar-refractivity contribution in [1.82, 2.24) is 0 Å². The molecule has 0 amide bonds. The van der Waals surface area contributed by atoms with Crippen molar-refractivity contribution >= 4 is 11.9 Å². The van der Waals surface area contributed by atoms with Gasteiger partial charge in [0.2, 0.25) is 0 Å². The van der Waals surface area contributed by atoms with Crippen molar-refractivity contribution in [3.05, 3.63) is 131 Å². The Kier molecular flexibility index (Phi) is 13.2. The maximum Gasteiger partial charge on any atom is 0.311 e. The van der Waals surface area contributed by atoms with Crippen molar-refractivity contribution in [3.63, 3.8) is 0 Å². The summed E-state index contributed by atoms with van der Waals surface area (Å²) in [6.07, 6.45) is 5.43. The number of halogens is 7. The van der Waals surface area contributed by atoms with Gasteiger partial charge < -0.3 is 9.47 Å². The molecule has 0 spiro atoms. The number of benzene rings is 5. The molecule has 0 bridgehead atoms. The fourth-order valence-electron chi connectivity index (χ4n) is 5.83. The van der Waals surface area contributed by atoms with E-state index in [9.17, 15) is 40.3 Å². The summed E-state index contributed by atoms with van der Waals surface area (Å²) >= 11 is 0. The maximum absolute atomic E-state index is 15.0. The lowest BCUT2D eigenvalue weighted by molar-refractivity contribution is -0.135. The molecule has 0 aliphatic heterocycles. The molecule has 0 atom stereocenters. The van der Waals surface area contributed by atoms with Crippen molar-refractivity contribution in [2.75, 3.05) is 0 Å². The zero-order chi connectivity index (χ0) is 38.8. The SMILES string of the molecule is N#Cc1c(F)cc(-c2c(F)cc(-c3ccc(OC(=O)CCCCCCCCCC(=O)Oc4ccc(-c5ccc(F)cc5)c(F)c4)cc3F)cc2F)cc1F. The highest BCUT2D eigenvalue weighted by molar-refractivity contribution is 5.75. The zero-order valence-corrected chi connectivity index (χ0v) is 28.7. The van der Waals surface area contributed by atoms with Crippen LogP contribution in [0.4, 0.5) is 30.7 Å². The largest absolute Gasteiger partial charge is 0.426 e. The lowest BCUT2D eigenvalue weighted by Crippen LogP contribution is -2.08. The molecular weight excluding hydrogens is 715 g/mol. The van der Waals surface area contributed by atoms with Gasteiger partial charge in [0.1, 0.15) is 63.9 Å². The van der Waals surface area contributed by atoms with Crippen molar-refractivity contribution in [2.45, 2.75) is 57.8 Å². The summed E-state index contributed by atoms with van der Waals surface area (Å²) < 4.78 is 111. The van der Waals surface area contributed by atoms with E-state index in [1.165, 1.54) is 54.6 Å². The van der Waals surface area contributed by atoms with Crippen LogP contribution in [-0.2, 0) is 9.59 Å². The van der Waals surface area contributed by atoms with Crippen LogP contribution < -0.4 is 9.47 Å². The fraction of sp³-hybridized carbons (Fsp3) is 0.214. The van der Waals surface area contributed by atoms with Crippen molar-refractivity contribution in [3.8, 4) is 50.9 Å². The number of carbonyl (C=O) groups excluding carboxylic acids is 2. The summed E-state index contributed by atoms with van der Waals surface area (Å²) in [6.45, 7) is 0. The van der Waals surface area contributed by atoms with Gasteiger partial charge in [-0.3, -0.25) is 9.59 Å². The summed E-state index contributed by atoms with van der Waals surface area (Å²) in [6, 6.07) is 17.0. The number of nitriles is 1. The molecule has 5 aromatic carbocycles. The third-order valence-electron chi connectivity index (χ3n) is 8.56. The predicted octanol–water partition coefficient (Wildman–Crippen LogP) is 11.6. The number of rotatable bonds is 15. The van der Waals surface area contributed by atoms with E-state index in [1.807, 2.05) is 0 Å². The lowest BCUT2D eigenvalue weighted by atomic mass is 9.97. The van der Waals surface area contributed by atoms with Gasteiger partial charge in [0.25, 0.3) is 0 Å². The van der Waals surface area contributed by atoms with E-state index in [4.69, 9.17) is 14.7 Å². The van der Waals surface area contributed by atoms with E-state index in [2.05, 4.69) is 0 Å². The first-order valence-corrected chi connectivity index (χ1v) is 17.1. The first kappa shape index (κ1) is 39.3. The summed E-state index contributed by atoms with van der Waals surface area (Å²) in [5.41, 5.74) is -1.79. The smallest absolute Gasteiger partial charge is 0.311 e. The van der Waals surface area contributed by atoms with Crippen LogP contribution in [0.3, 0.4) is 0 Å². The number of carbonyl (C=O) groups is 2. The molecule has 0 aliphatic rings. The summed E-state index contributed by atoms with van der Waals surface area (Å²) in [4.78, 5) is 24.5. The normalized spacial score (nSPS) is 10.9. The fourth-order valence-corrected chi connectivity index (χ4v) is 5.83. The molecule has 5 rings (SSSR count). The Bertz CT molecular complexity index is 2150. The van der Waals surface area contributed by atoms with Gasteiger partial charge in [-0.2, -0.15) is 5.26 Å². The molecule has 12 heteroatoms. The van der Waals surface area contributed by atoms with Crippen LogP contribution in [0.5, 0.6) is 11.5 Å². The Labute approximate surface area is 306 Å². The van der Waals surface area contributed by atoms with Crippen LogP contribution >= 0.6 is 0 Å². The minimum absolute atomic E-state index is 0.0785. The Morgan fingerprint density at radius 1 is 0.481 bits per heavy atom. The zero-order valence-electron chi connectivity index (χ0n) is 28.7. The third kappa shape index (κ3) is 10.1. The average molecular weight is 748 g/mol. The second-order valence-corrected chi connectivity index (χ2v) is 12.5. The Hall–Kier alpha value is -5.96. The highest BCUT2D eigenvalue weighted by Gasteiger charge is 2.20. The molecule has 0 radical (unpaired) electrons. The number of hydrogen-bond acceptors (Lipinski definition) is 5. The standard InChI is InChI=1S/C42H32F7NO4/c43-28-12-10-25(11-13-28)31-16-14-29(22-36(31)46)53-40(51)8-6-4-2-1-3-5-7-9-41(52)54-30-15-17-32(37(47)23-30)26-18-38(48)42(39(49)19-26)27-20-34(44)33(24-50)35(45)21-27/h10-23H,1-9H2. The van der Waals surface area contributed by atoms with E-state index in [0.29, 0.717) is 30.5 Å². The van der Waals surface area contributed by atoms with E-state index >= 15 is 0 Å². The highest BCUT2D eigenvalue weighted by atomic mass is 19.2. The topological polar surface area (TPSA) is 76.4 Å². The monoisotopic (exact) mass is 747 g/mol. The van der Waals surface area contributed by atoms with Gasteiger partial charge in [0.15, 0.2) is 0 Å². The van der Waals surface area contributed by atoms with Crippen LogP contribution in [0.1, 0.15) is 63.4 Å². The molecule has 0 heterocycles. The van der Waals surface area contributed by atoms with Crippen LogP contribution in [0, 0.1) is 52.1 Å². The molecule has 0 N–H and O–H groups in total.